The van der Waals surface area contributed by atoms with Crippen LogP contribution in [0.15, 0.2) is 245 Å². The van der Waals surface area contributed by atoms with E-state index < -0.39 is 40.1 Å². The average molecular weight is 1850 g/mol. The Morgan fingerprint density at radius 2 is 0.686 bits per heavy atom. The number of hydrogen-bond donors (Lipinski definition) is 8. The molecule has 0 amide bonds. The molecule has 12 aromatic rings. The molecule has 0 bridgehead atoms. The highest BCUT2D eigenvalue weighted by Crippen LogP contribution is 2.46. The molecule has 27 heteroatoms. The van der Waals surface area contributed by atoms with Gasteiger partial charge in [-0.1, -0.05) is 153 Å². The maximum absolute atomic E-state index is 13.5. The van der Waals surface area contributed by atoms with E-state index in [0.717, 1.165) is 197 Å². The van der Waals surface area contributed by atoms with E-state index in [9.17, 15) is 51.5 Å². The van der Waals surface area contributed by atoms with Crippen molar-refractivity contribution in [3.8, 4) is 0 Å². The molecule has 8 aliphatic rings. The SMILES string of the molecule is C[C@H]1CCCN(c2ncccc2C2=CCC(c3[nH]c(=O)[nH]c(=O)c3Cc3ccccc3)CC2)C1.C[C@H]1CCCN(c2ncccc2C2=CCC(c3[nH]c(=O)[nH]c(=O)c3Cc3ccccc3)CC2)C1.Cc1ccc(C2=CCC(c3[nH]c(=O)[nH]c(=O)c3Cc3ccccc3)CC2)c(N2CCCC2)n1.O=c1[nH]c(C2CC=C(c3ccccc3C(F)(F)F)CC2)c(Cc2cccc(N3CCCC3)n2)c(=O)[nH]1. The van der Waals surface area contributed by atoms with Crippen LogP contribution >= 0.6 is 0 Å². The summed E-state index contributed by atoms with van der Waals surface area (Å²) in [5.74, 6) is 5.71. The third-order valence-electron chi connectivity index (χ3n) is 28.3. The predicted molar refractivity (Wildman–Crippen MR) is 537 cm³/mol. The second-order valence-corrected chi connectivity index (χ2v) is 38.0. The van der Waals surface area contributed by atoms with Gasteiger partial charge in [-0.25, -0.2) is 39.1 Å². The number of rotatable bonds is 20. The lowest BCUT2D eigenvalue weighted by atomic mass is 9.82. The Balaban J connectivity index is 0.000000127. The van der Waals surface area contributed by atoms with Gasteiger partial charge in [0.25, 0.3) is 22.2 Å². The van der Waals surface area contributed by atoms with Crippen LogP contribution in [-0.2, 0) is 31.9 Å². The van der Waals surface area contributed by atoms with Gasteiger partial charge in [-0.15, -0.1) is 0 Å². The molecular weight excluding hydrogens is 1730 g/mol. The second-order valence-electron chi connectivity index (χ2n) is 38.0. The van der Waals surface area contributed by atoms with E-state index in [0.29, 0.717) is 83.9 Å². The highest BCUT2D eigenvalue weighted by atomic mass is 19.4. The van der Waals surface area contributed by atoms with Crippen molar-refractivity contribution in [2.24, 2.45) is 11.8 Å². The molecule has 4 aliphatic carbocycles. The zero-order chi connectivity index (χ0) is 95.1. The maximum atomic E-state index is 13.5. The van der Waals surface area contributed by atoms with Crippen molar-refractivity contribution < 1.29 is 13.2 Å². The van der Waals surface area contributed by atoms with Gasteiger partial charge >= 0.3 is 28.9 Å². The van der Waals surface area contributed by atoms with Crippen LogP contribution in [-0.4, -0.2) is 112 Å². The highest BCUT2D eigenvalue weighted by molar-refractivity contribution is 5.78. The normalized spacial score (nSPS) is 19.5. The molecule has 137 heavy (non-hydrogen) atoms. The summed E-state index contributed by atoms with van der Waals surface area (Å²) in [5, 5.41) is 0. The first kappa shape index (κ1) is 94.9. The number of H-pyrrole nitrogens is 8. The quantitative estimate of drug-likeness (QED) is 0.0351. The van der Waals surface area contributed by atoms with Crippen molar-refractivity contribution in [3.05, 3.63) is 391 Å². The number of anilines is 4. The number of aromatic nitrogens is 12. The number of alkyl halides is 3. The van der Waals surface area contributed by atoms with Crippen LogP contribution in [0, 0.1) is 18.8 Å². The van der Waals surface area contributed by atoms with Gasteiger partial charge in [0.05, 0.1) is 5.56 Å². The molecule has 4 fully saturated rings. The number of allylic oxidation sites excluding steroid dienone is 8. The van der Waals surface area contributed by atoms with Crippen LogP contribution in [0.25, 0.3) is 22.3 Å². The number of hydrogen-bond acceptors (Lipinski definition) is 16. The van der Waals surface area contributed by atoms with Gasteiger partial charge < -0.3 is 39.5 Å². The van der Waals surface area contributed by atoms with E-state index in [1.165, 1.54) is 84.1 Å². The topological polar surface area (TPSA) is 327 Å². The largest absolute Gasteiger partial charge is 0.416 e. The third-order valence-corrected chi connectivity index (χ3v) is 28.3. The summed E-state index contributed by atoms with van der Waals surface area (Å²) in [6.45, 7) is 14.9. The molecule has 12 heterocycles. The number of aromatic amines is 8. The number of pyridine rings is 4. The molecular formula is C110H121F3N16O8. The fraction of sp³-hybridized carbons (Fsp3) is 0.382. The van der Waals surface area contributed by atoms with Gasteiger partial charge in [0.2, 0.25) is 0 Å². The summed E-state index contributed by atoms with van der Waals surface area (Å²) in [5.41, 5.74) is 14.9. The summed E-state index contributed by atoms with van der Waals surface area (Å²) in [6, 6.07) is 53.8. The molecule has 6 atom stereocenters. The minimum absolute atomic E-state index is 0.118. The smallest absolute Gasteiger partial charge is 0.357 e. The Morgan fingerprint density at radius 1 is 0.336 bits per heavy atom. The lowest BCUT2D eigenvalue weighted by molar-refractivity contribution is -0.137. The summed E-state index contributed by atoms with van der Waals surface area (Å²) in [6.07, 6.45) is 28.5. The molecule has 24 nitrogen and oxygen atoms in total. The van der Waals surface area contributed by atoms with Crippen LogP contribution < -0.4 is 64.6 Å². The number of piperidine rings is 2. The summed E-state index contributed by atoms with van der Waals surface area (Å²) < 4.78 is 40.5. The summed E-state index contributed by atoms with van der Waals surface area (Å²) in [4.78, 5) is 150. The number of halogens is 3. The van der Waals surface area contributed by atoms with Gasteiger partial charge in [-0.05, 0) is 246 Å². The molecule has 4 aliphatic heterocycles. The standard InChI is InChI=1S/2C28H32N4O2.C27H27F3N4O2.C27H30N4O2/c2*1-19-7-6-16-32(18-19)26-23(10-5-15-29-26)21-11-13-22(14-12-21)25-24(27(33)31-28(34)30-25)17-20-8-3-2-4-9-20;28-27(29,30)22-8-2-1-7-20(22)17-10-12-18(13-11-17)24-21(25(35)33-26(36)32-24)16-19-6-5-9-23(31-19)34-14-3-4-15-34;1-18-9-14-22(25(28-18)31-15-5-6-16-31)20-10-12-21(13-11-20)24-23(26(32)30-27(33)29-24)17-19-7-3-2-4-8-19/h2*2-5,8-11,15,19,22H,6-7,12-14,16-18H2,1H3,(H2,30,31,33,34);1-2,5-10,18H,3-4,11-16H2,(H2,32,33,35,36);2-4,7-10,14,21H,5-6,11-13,15-17H2,1H3,(H2,29,30,32,33)/t2*19-,22?;;/m00../s1. The second kappa shape index (κ2) is 43.9. The Kier molecular flexibility index (Phi) is 30.4. The van der Waals surface area contributed by atoms with Crippen LogP contribution in [0.3, 0.4) is 0 Å². The van der Waals surface area contributed by atoms with Crippen LogP contribution in [0.2, 0.25) is 0 Å². The molecule has 8 aromatic heterocycles. The molecule has 0 spiro atoms. The first-order valence-electron chi connectivity index (χ1n) is 48.8. The Hall–Kier alpha value is -13.9. The van der Waals surface area contributed by atoms with Crippen molar-refractivity contribution in [1.82, 2.24) is 59.8 Å². The minimum atomic E-state index is -4.43. The van der Waals surface area contributed by atoms with Gasteiger partial charge in [0.1, 0.15) is 23.3 Å². The average Bonchev–Trinajstić information content (AvgIpc) is 1.70. The van der Waals surface area contributed by atoms with Crippen molar-refractivity contribution in [3.63, 3.8) is 0 Å². The number of benzene rings is 4. The third kappa shape index (κ3) is 23.5. The van der Waals surface area contributed by atoms with Crippen LogP contribution in [0.1, 0.15) is 267 Å². The van der Waals surface area contributed by atoms with Gasteiger partial charge in [0.15, 0.2) is 0 Å². The van der Waals surface area contributed by atoms with E-state index in [1.54, 1.807) is 12.1 Å². The first-order chi connectivity index (χ1) is 66.5. The lowest BCUT2D eigenvalue weighted by Crippen LogP contribution is -2.35. The van der Waals surface area contributed by atoms with E-state index in [-0.39, 0.29) is 52.3 Å². The van der Waals surface area contributed by atoms with Crippen LogP contribution in [0.5, 0.6) is 0 Å². The lowest BCUT2D eigenvalue weighted by Gasteiger charge is -2.34. The molecule has 0 radical (unpaired) electrons. The molecule has 20 rings (SSSR count). The zero-order valence-corrected chi connectivity index (χ0v) is 78.2. The molecule has 8 N–H and O–H groups in total. The highest BCUT2D eigenvalue weighted by Gasteiger charge is 2.37. The van der Waals surface area contributed by atoms with Crippen molar-refractivity contribution in [1.29, 1.82) is 0 Å². The van der Waals surface area contributed by atoms with Gasteiger partial charge in [-0.2, -0.15) is 13.2 Å². The van der Waals surface area contributed by atoms with E-state index >= 15 is 0 Å². The molecule has 4 unspecified atom stereocenters. The Morgan fingerprint density at radius 3 is 1.07 bits per heavy atom. The Bertz CT molecular complexity index is 6710. The van der Waals surface area contributed by atoms with E-state index in [1.807, 2.05) is 141 Å². The zero-order valence-electron chi connectivity index (χ0n) is 78.2. The number of nitrogens with zero attached hydrogens (tertiary/aromatic N) is 8. The summed E-state index contributed by atoms with van der Waals surface area (Å²) in [7, 11) is 0. The van der Waals surface area contributed by atoms with Crippen molar-refractivity contribution >= 4 is 45.6 Å². The van der Waals surface area contributed by atoms with E-state index in [4.69, 9.17) is 19.9 Å². The molecule has 4 saturated heterocycles. The first-order valence-corrected chi connectivity index (χ1v) is 48.8. The number of nitrogens with one attached hydrogen (secondary N) is 8. The van der Waals surface area contributed by atoms with Gasteiger partial charge in [0, 0.05) is 187 Å². The minimum Gasteiger partial charge on any atom is -0.357 e. The molecule has 0 saturated carbocycles. The maximum Gasteiger partial charge on any atom is 0.416 e. The van der Waals surface area contributed by atoms with Crippen molar-refractivity contribution in [2.45, 2.75) is 205 Å². The van der Waals surface area contributed by atoms with Crippen LogP contribution in [0.4, 0.5) is 36.4 Å². The molecule has 710 valence electrons. The summed E-state index contributed by atoms with van der Waals surface area (Å²) >= 11 is 0. The van der Waals surface area contributed by atoms with E-state index in [2.05, 4.69) is 116 Å². The molecule has 4 aromatic carbocycles. The Labute approximate surface area is 793 Å². The fourth-order valence-corrected chi connectivity index (χ4v) is 21.4. The predicted octanol–water partition coefficient (Wildman–Crippen LogP) is 18.6. The van der Waals surface area contributed by atoms with Gasteiger partial charge in [-0.3, -0.25) is 39.1 Å². The van der Waals surface area contributed by atoms with Crippen molar-refractivity contribution in [2.75, 3.05) is 72.0 Å². The fourth-order valence-electron chi connectivity index (χ4n) is 21.4. The number of aryl methyl sites for hydroxylation is 1. The monoisotopic (exact) mass is 1850 g/mol.